The summed E-state index contributed by atoms with van der Waals surface area (Å²) in [5.74, 6) is 1.45. The fourth-order valence-corrected chi connectivity index (χ4v) is 8.26. The highest BCUT2D eigenvalue weighted by Gasteiger charge is 2.77. The molecule has 3 fully saturated rings. The molecule has 2 nitrogen and oxygen atoms in total. The van der Waals surface area contributed by atoms with Crippen molar-refractivity contribution in [3.63, 3.8) is 0 Å². The summed E-state index contributed by atoms with van der Waals surface area (Å²) >= 11 is 0. The van der Waals surface area contributed by atoms with Crippen LogP contribution in [0.3, 0.4) is 0 Å². The number of rotatable bonds is 2. The predicted octanol–water partition coefficient (Wildman–Crippen LogP) is 6.93. The zero-order valence-electron chi connectivity index (χ0n) is 20.8. The molecule has 0 aromatic heterocycles. The Hall–Kier alpha value is -0.530. The standard InChI is InChI=1S/C26H47NO/c1-18(16-21(2,3)4)26-19-17-23(8,9)12-14-25(19,20(28)27(26)11)15-13-24(26,10)22(5,6)7/h18-19H,12-17H2,1-11H3/t18?,19?,24-,25-,26-/m0/s1. The van der Waals surface area contributed by atoms with Crippen LogP contribution in [0, 0.1) is 38.9 Å². The molecule has 3 rings (SSSR count). The molecule has 162 valence electrons. The molecule has 5 atom stereocenters. The molecule has 1 amide bonds. The van der Waals surface area contributed by atoms with Crippen molar-refractivity contribution < 1.29 is 4.79 Å². The fourth-order valence-electron chi connectivity index (χ4n) is 8.26. The smallest absolute Gasteiger partial charge is 0.229 e. The van der Waals surface area contributed by atoms with Gasteiger partial charge in [-0.3, -0.25) is 4.79 Å². The molecule has 2 bridgehead atoms. The van der Waals surface area contributed by atoms with E-state index in [-0.39, 0.29) is 27.2 Å². The van der Waals surface area contributed by atoms with Crippen LogP contribution in [-0.4, -0.2) is 23.4 Å². The minimum atomic E-state index is -0.0961. The third-order valence-electron chi connectivity index (χ3n) is 9.77. The van der Waals surface area contributed by atoms with E-state index >= 15 is 0 Å². The van der Waals surface area contributed by atoms with E-state index in [1.807, 2.05) is 0 Å². The molecular formula is C26H47NO. The lowest BCUT2D eigenvalue weighted by Crippen LogP contribution is -2.69. The van der Waals surface area contributed by atoms with Crippen molar-refractivity contribution in [1.29, 1.82) is 0 Å². The summed E-state index contributed by atoms with van der Waals surface area (Å²) in [6.07, 6.45) is 6.93. The summed E-state index contributed by atoms with van der Waals surface area (Å²) in [5.41, 5.74) is 0.734. The highest BCUT2D eigenvalue weighted by molar-refractivity contribution is 5.88. The van der Waals surface area contributed by atoms with E-state index in [0.29, 0.717) is 23.2 Å². The summed E-state index contributed by atoms with van der Waals surface area (Å²) in [6.45, 7) is 24.3. The van der Waals surface area contributed by atoms with Gasteiger partial charge in [0.2, 0.25) is 5.91 Å². The molecule has 1 saturated heterocycles. The van der Waals surface area contributed by atoms with Gasteiger partial charge in [-0.25, -0.2) is 0 Å². The maximum atomic E-state index is 14.0. The summed E-state index contributed by atoms with van der Waals surface area (Å²) < 4.78 is 0. The first-order chi connectivity index (χ1) is 12.4. The van der Waals surface area contributed by atoms with Crippen molar-refractivity contribution in [2.75, 3.05) is 7.05 Å². The van der Waals surface area contributed by atoms with Gasteiger partial charge in [0.15, 0.2) is 0 Å². The number of carbonyl (C=O) groups is 1. The van der Waals surface area contributed by atoms with E-state index in [2.05, 4.69) is 81.2 Å². The molecule has 1 heterocycles. The van der Waals surface area contributed by atoms with Gasteiger partial charge in [-0.1, -0.05) is 69.2 Å². The molecule has 2 heteroatoms. The average molecular weight is 390 g/mol. The van der Waals surface area contributed by atoms with Crippen molar-refractivity contribution in [2.45, 2.75) is 113 Å². The summed E-state index contributed by atoms with van der Waals surface area (Å²) in [4.78, 5) is 16.3. The third kappa shape index (κ3) is 2.68. The van der Waals surface area contributed by atoms with Gasteiger partial charge in [0, 0.05) is 7.05 Å². The Morgan fingerprint density at radius 1 is 1.00 bits per heavy atom. The second kappa shape index (κ2) is 6.01. The summed E-state index contributed by atoms with van der Waals surface area (Å²) in [5, 5.41) is 0. The minimum absolute atomic E-state index is 0.0500. The molecule has 3 aliphatic rings. The van der Waals surface area contributed by atoms with E-state index in [0.717, 1.165) is 12.8 Å². The quantitative estimate of drug-likeness (QED) is 0.501. The lowest BCUT2D eigenvalue weighted by Gasteiger charge is -2.67. The third-order valence-corrected chi connectivity index (χ3v) is 9.77. The fraction of sp³-hybridized carbons (Fsp3) is 0.962. The maximum absolute atomic E-state index is 14.0. The largest absolute Gasteiger partial charge is 0.338 e. The molecule has 2 aliphatic carbocycles. The minimum Gasteiger partial charge on any atom is -0.338 e. The summed E-state index contributed by atoms with van der Waals surface area (Å²) in [6, 6.07) is 0. The molecule has 1 aliphatic heterocycles. The molecule has 2 saturated carbocycles. The van der Waals surface area contributed by atoms with Crippen molar-refractivity contribution in [3.8, 4) is 0 Å². The molecule has 2 unspecified atom stereocenters. The first-order valence-electron chi connectivity index (χ1n) is 11.7. The van der Waals surface area contributed by atoms with E-state index in [9.17, 15) is 4.79 Å². The first kappa shape index (κ1) is 22.2. The van der Waals surface area contributed by atoms with Gasteiger partial charge in [0.1, 0.15) is 0 Å². The van der Waals surface area contributed by atoms with Crippen molar-refractivity contribution in [1.82, 2.24) is 4.90 Å². The second-order valence-electron chi connectivity index (χ2n) is 14.0. The van der Waals surface area contributed by atoms with Crippen molar-refractivity contribution >= 4 is 5.91 Å². The average Bonchev–Trinajstić information content (AvgIpc) is 2.63. The SMILES string of the molecule is CC(CC(C)(C)C)[C@]12C3CC(C)(C)CC[C@@]3(CC[C@@]1(C)C(C)(C)C)C(=O)N2C. The lowest BCUT2D eigenvalue weighted by atomic mass is 9.39. The number of hydrogen-bond acceptors (Lipinski definition) is 1. The Bertz CT molecular complexity index is 650. The van der Waals surface area contributed by atoms with Crippen LogP contribution in [0.15, 0.2) is 0 Å². The van der Waals surface area contributed by atoms with Crippen LogP contribution in [0.5, 0.6) is 0 Å². The van der Waals surface area contributed by atoms with E-state index < -0.39 is 0 Å². The number of amides is 1. The number of nitrogens with zero attached hydrogens (tertiary/aromatic N) is 1. The van der Waals surface area contributed by atoms with Crippen LogP contribution in [0.1, 0.15) is 108 Å². The Balaban J connectivity index is 2.28. The highest BCUT2D eigenvalue weighted by atomic mass is 16.2. The van der Waals surface area contributed by atoms with Crippen molar-refractivity contribution in [2.24, 2.45) is 38.9 Å². The van der Waals surface area contributed by atoms with Gasteiger partial charge in [-0.15, -0.1) is 0 Å². The highest BCUT2D eigenvalue weighted by Crippen LogP contribution is 2.74. The summed E-state index contributed by atoms with van der Waals surface area (Å²) in [7, 11) is 2.17. The van der Waals surface area contributed by atoms with Crippen LogP contribution in [0.4, 0.5) is 0 Å². The molecule has 28 heavy (non-hydrogen) atoms. The van der Waals surface area contributed by atoms with Gasteiger partial charge >= 0.3 is 0 Å². The Labute approximate surface area is 175 Å². The Kier molecular flexibility index (Phi) is 4.75. The van der Waals surface area contributed by atoms with E-state index in [1.165, 1.54) is 25.7 Å². The molecule has 0 radical (unpaired) electrons. The number of hydrogen-bond donors (Lipinski definition) is 0. The van der Waals surface area contributed by atoms with Gasteiger partial charge < -0.3 is 4.90 Å². The zero-order valence-corrected chi connectivity index (χ0v) is 20.8. The predicted molar refractivity (Wildman–Crippen MR) is 119 cm³/mol. The molecule has 0 spiro atoms. The van der Waals surface area contributed by atoms with Gasteiger partial charge in [-0.05, 0) is 72.0 Å². The Morgan fingerprint density at radius 2 is 1.54 bits per heavy atom. The zero-order chi connectivity index (χ0) is 21.6. The topological polar surface area (TPSA) is 20.3 Å². The number of likely N-dealkylation sites (tertiary alicyclic amines) is 1. The lowest BCUT2D eigenvalue weighted by molar-refractivity contribution is -0.172. The van der Waals surface area contributed by atoms with Gasteiger partial charge in [0.25, 0.3) is 0 Å². The molecule has 0 aromatic carbocycles. The van der Waals surface area contributed by atoms with Gasteiger partial charge in [0.05, 0.1) is 11.0 Å². The first-order valence-corrected chi connectivity index (χ1v) is 11.7. The van der Waals surface area contributed by atoms with Crippen LogP contribution < -0.4 is 0 Å². The van der Waals surface area contributed by atoms with Crippen molar-refractivity contribution in [3.05, 3.63) is 0 Å². The normalized spacial score (nSPS) is 41.8. The van der Waals surface area contributed by atoms with Crippen LogP contribution in [0.25, 0.3) is 0 Å². The number of carbonyl (C=O) groups excluding carboxylic acids is 1. The monoisotopic (exact) mass is 389 g/mol. The molecule has 0 N–H and O–H groups in total. The van der Waals surface area contributed by atoms with Crippen LogP contribution in [-0.2, 0) is 4.79 Å². The Morgan fingerprint density at radius 3 is 2.04 bits per heavy atom. The van der Waals surface area contributed by atoms with E-state index in [1.54, 1.807) is 0 Å². The second-order valence-corrected chi connectivity index (χ2v) is 14.0. The van der Waals surface area contributed by atoms with Crippen LogP contribution >= 0.6 is 0 Å². The van der Waals surface area contributed by atoms with Crippen LogP contribution in [0.2, 0.25) is 0 Å². The van der Waals surface area contributed by atoms with Gasteiger partial charge in [-0.2, -0.15) is 0 Å². The molecular weight excluding hydrogens is 342 g/mol. The van der Waals surface area contributed by atoms with E-state index in [4.69, 9.17) is 0 Å². The molecule has 0 aromatic rings. The maximum Gasteiger partial charge on any atom is 0.229 e.